The van der Waals surface area contributed by atoms with E-state index in [-0.39, 0.29) is 10.8 Å². The second kappa shape index (κ2) is 3.94. The summed E-state index contributed by atoms with van der Waals surface area (Å²) in [6.45, 7) is 11.0. The lowest BCUT2D eigenvalue weighted by atomic mass is 9.41. The van der Waals surface area contributed by atoms with Crippen LogP contribution in [0.4, 0.5) is 0 Å². The number of rotatable bonds is 2. The fraction of sp³-hybridized carbons (Fsp3) is 0.421. The van der Waals surface area contributed by atoms with Crippen molar-refractivity contribution in [2.24, 2.45) is 16.2 Å². The second-order valence-corrected chi connectivity index (χ2v) is 7.31. The van der Waals surface area contributed by atoms with Gasteiger partial charge in [-0.15, -0.1) is 0 Å². The number of carbonyl (C=O) groups is 1. The van der Waals surface area contributed by atoms with Gasteiger partial charge in [0.05, 0.1) is 5.41 Å². The van der Waals surface area contributed by atoms with Gasteiger partial charge in [-0.2, -0.15) is 0 Å². The molecular weight excluding hydrogens is 244 g/mol. The predicted molar refractivity (Wildman–Crippen MR) is 83.2 cm³/mol. The lowest BCUT2D eigenvalue weighted by Crippen LogP contribution is -2.60. The van der Waals surface area contributed by atoms with Crippen LogP contribution in [-0.4, -0.2) is 5.78 Å². The molecule has 2 unspecified atom stereocenters. The number of hydrogen-bond donors (Lipinski definition) is 0. The van der Waals surface area contributed by atoms with Gasteiger partial charge in [0.1, 0.15) is 5.78 Å². The van der Waals surface area contributed by atoms with Crippen LogP contribution in [0.25, 0.3) is 5.57 Å². The molecule has 0 saturated heterocycles. The minimum atomic E-state index is -0.482. The quantitative estimate of drug-likeness (QED) is 0.712. The molecule has 1 heteroatoms. The van der Waals surface area contributed by atoms with Crippen LogP contribution in [0.2, 0.25) is 0 Å². The molecule has 2 aliphatic carbocycles. The van der Waals surface area contributed by atoms with Crippen LogP contribution in [0.5, 0.6) is 0 Å². The smallest absolute Gasteiger partial charge is 0.148 e. The summed E-state index contributed by atoms with van der Waals surface area (Å²) in [5.74, 6) is 0.320. The van der Waals surface area contributed by atoms with Gasteiger partial charge in [0.25, 0.3) is 0 Å². The van der Waals surface area contributed by atoms with Crippen LogP contribution in [0.1, 0.15) is 39.2 Å². The molecule has 104 valence electrons. The van der Waals surface area contributed by atoms with E-state index >= 15 is 0 Å². The molecule has 3 rings (SSSR count). The van der Waals surface area contributed by atoms with E-state index in [1.165, 1.54) is 0 Å². The minimum absolute atomic E-state index is 0.00918. The Balaban J connectivity index is 2.10. The van der Waals surface area contributed by atoms with E-state index in [2.05, 4.69) is 51.6 Å². The Morgan fingerprint density at radius 3 is 2.30 bits per heavy atom. The van der Waals surface area contributed by atoms with E-state index in [0.717, 1.165) is 17.6 Å². The van der Waals surface area contributed by atoms with Crippen molar-refractivity contribution in [2.75, 3.05) is 0 Å². The van der Waals surface area contributed by atoms with Crippen molar-refractivity contribution < 1.29 is 4.79 Å². The van der Waals surface area contributed by atoms with E-state index in [9.17, 15) is 4.79 Å². The number of ketones is 1. The topological polar surface area (TPSA) is 17.1 Å². The molecule has 0 N–H and O–H groups in total. The molecule has 0 bridgehead atoms. The molecule has 2 aliphatic rings. The van der Waals surface area contributed by atoms with Crippen molar-refractivity contribution in [3.63, 3.8) is 0 Å². The Hall–Kier alpha value is -1.63. The summed E-state index contributed by atoms with van der Waals surface area (Å²) >= 11 is 0. The third-order valence-electron chi connectivity index (χ3n) is 5.17. The molecule has 0 heterocycles. The van der Waals surface area contributed by atoms with E-state index in [0.29, 0.717) is 12.2 Å². The van der Waals surface area contributed by atoms with E-state index < -0.39 is 5.41 Å². The second-order valence-electron chi connectivity index (χ2n) is 7.31. The van der Waals surface area contributed by atoms with Gasteiger partial charge in [-0.1, -0.05) is 69.8 Å². The third-order valence-corrected chi connectivity index (χ3v) is 5.17. The first-order valence-corrected chi connectivity index (χ1v) is 7.29. The van der Waals surface area contributed by atoms with Crippen molar-refractivity contribution in [3.8, 4) is 0 Å². The Morgan fingerprint density at radius 1 is 1.10 bits per heavy atom. The lowest BCUT2D eigenvalue weighted by Gasteiger charge is -2.60. The number of fused-ring (bicyclic) bond motifs is 1. The van der Waals surface area contributed by atoms with Crippen molar-refractivity contribution >= 4 is 11.4 Å². The highest BCUT2D eigenvalue weighted by molar-refractivity contribution is 6.06. The van der Waals surface area contributed by atoms with Crippen LogP contribution in [0.3, 0.4) is 0 Å². The maximum absolute atomic E-state index is 12.5. The summed E-state index contributed by atoms with van der Waals surface area (Å²) in [6, 6.07) is 10.1. The third kappa shape index (κ3) is 1.59. The zero-order chi connectivity index (χ0) is 14.6. The molecule has 20 heavy (non-hydrogen) atoms. The van der Waals surface area contributed by atoms with Gasteiger partial charge in [-0.05, 0) is 28.4 Å². The van der Waals surface area contributed by atoms with Gasteiger partial charge < -0.3 is 0 Å². The molecule has 0 aromatic heterocycles. The van der Waals surface area contributed by atoms with Crippen molar-refractivity contribution in [3.05, 3.63) is 54.6 Å². The first kappa shape index (κ1) is 13.4. The van der Waals surface area contributed by atoms with Gasteiger partial charge in [0.2, 0.25) is 0 Å². The Morgan fingerprint density at radius 2 is 1.75 bits per heavy atom. The Bertz CT molecular complexity index is 608. The highest BCUT2D eigenvalue weighted by Gasteiger charge is 2.65. The predicted octanol–water partition coefficient (Wildman–Crippen LogP) is 4.65. The summed E-state index contributed by atoms with van der Waals surface area (Å²) in [5, 5.41) is 0. The normalized spacial score (nSPS) is 34.2. The molecule has 1 nitrogen and oxygen atoms in total. The van der Waals surface area contributed by atoms with Crippen LogP contribution < -0.4 is 0 Å². The average molecular weight is 266 g/mol. The van der Waals surface area contributed by atoms with E-state index in [4.69, 9.17) is 0 Å². The maximum Gasteiger partial charge on any atom is 0.148 e. The SMILES string of the molecule is C=C(c1ccccc1)C12C=CC(C)(C)CC1(C)CC2=O. The maximum atomic E-state index is 12.5. The molecule has 2 atom stereocenters. The van der Waals surface area contributed by atoms with Gasteiger partial charge in [0, 0.05) is 6.42 Å². The molecule has 1 aromatic rings. The van der Waals surface area contributed by atoms with Crippen LogP contribution in [0.15, 0.2) is 49.1 Å². The van der Waals surface area contributed by atoms with Gasteiger partial charge >= 0.3 is 0 Å². The highest BCUT2D eigenvalue weighted by Crippen LogP contribution is 2.67. The summed E-state index contributed by atoms with van der Waals surface area (Å²) in [6.07, 6.45) is 6.05. The Kier molecular flexibility index (Phi) is 2.63. The fourth-order valence-electron chi connectivity index (χ4n) is 4.27. The molecule has 1 fully saturated rings. The minimum Gasteiger partial charge on any atom is -0.298 e. The Labute approximate surface area is 121 Å². The zero-order valence-corrected chi connectivity index (χ0v) is 12.6. The molecule has 0 spiro atoms. The summed E-state index contributed by atoms with van der Waals surface area (Å²) in [7, 11) is 0. The number of Topliss-reactive ketones (excluding diaryl/α,β-unsaturated/α-hetero) is 1. The number of hydrogen-bond acceptors (Lipinski definition) is 1. The van der Waals surface area contributed by atoms with Crippen molar-refractivity contribution in [1.29, 1.82) is 0 Å². The molecular formula is C19H22O. The molecule has 0 aliphatic heterocycles. The number of benzene rings is 1. The molecule has 1 aromatic carbocycles. The van der Waals surface area contributed by atoms with Crippen molar-refractivity contribution in [1.82, 2.24) is 0 Å². The summed E-state index contributed by atoms with van der Waals surface area (Å²) in [5.41, 5.74) is 1.73. The van der Waals surface area contributed by atoms with Gasteiger partial charge in [-0.25, -0.2) is 0 Å². The largest absolute Gasteiger partial charge is 0.298 e. The average Bonchev–Trinajstić information content (AvgIpc) is 2.37. The molecule has 1 saturated carbocycles. The van der Waals surface area contributed by atoms with E-state index in [1.54, 1.807) is 0 Å². The van der Waals surface area contributed by atoms with Crippen LogP contribution >= 0.6 is 0 Å². The highest BCUT2D eigenvalue weighted by atomic mass is 16.1. The standard InChI is InChI=1S/C19H22O/c1-14(15-8-6-5-7-9-15)19-11-10-17(2,3)13-18(19,4)12-16(19)20/h5-11H,1,12-13H2,2-4H3. The summed E-state index contributed by atoms with van der Waals surface area (Å²) < 4.78 is 0. The van der Waals surface area contributed by atoms with Gasteiger partial charge in [-0.3, -0.25) is 4.79 Å². The molecule has 0 amide bonds. The number of allylic oxidation sites excluding steroid dienone is 3. The fourth-order valence-corrected chi connectivity index (χ4v) is 4.27. The summed E-state index contributed by atoms with van der Waals surface area (Å²) in [4.78, 5) is 12.5. The van der Waals surface area contributed by atoms with Crippen LogP contribution in [-0.2, 0) is 4.79 Å². The molecule has 0 radical (unpaired) electrons. The zero-order valence-electron chi connectivity index (χ0n) is 12.6. The van der Waals surface area contributed by atoms with Gasteiger partial charge in [0.15, 0.2) is 0 Å². The monoisotopic (exact) mass is 266 g/mol. The first-order chi connectivity index (χ1) is 9.31. The van der Waals surface area contributed by atoms with Crippen LogP contribution in [0, 0.1) is 16.2 Å². The van der Waals surface area contributed by atoms with E-state index in [1.807, 2.05) is 18.2 Å². The van der Waals surface area contributed by atoms with Crippen molar-refractivity contribution in [2.45, 2.75) is 33.6 Å². The first-order valence-electron chi connectivity index (χ1n) is 7.29. The number of carbonyl (C=O) groups excluding carboxylic acids is 1. The lowest BCUT2D eigenvalue weighted by molar-refractivity contribution is -0.148.